The Balaban J connectivity index is 1.22. The number of tetrazole rings is 1. The Morgan fingerprint density at radius 2 is 2.03 bits per heavy atom. The van der Waals surface area contributed by atoms with Crippen molar-refractivity contribution in [3.8, 4) is 16.5 Å². The van der Waals surface area contributed by atoms with Crippen LogP contribution in [0.5, 0.6) is 5.75 Å². The number of rotatable bonds is 4. The quantitative estimate of drug-likeness (QED) is 0.501. The lowest BCUT2D eigenvalue weighted by atomic mass is 9.81. The average Bonchev–Trinajstić information content (AvgIpc) is 3.42. The minimum absolute atomic E-state index is 0.106. The molecule has 11 heteroatoms. The fourth-order valence-corrected chi connectivity index (χ4v) is 5.42. The molecule has 0 N–H and O–H groups in total. The molecule has 10 nitrogen and oxygen atoms in total. The lowest BCUT2D eigenvalue weighted by Gasteiger charge is -2.44. The van der Waals surface area contributed by atoms with Crippen molar-refractivity contribution < 1.29 is 19.1 Å². The molecule has 0 atom stereocenters. The van der Waals surface area contributed by atoms with Gasteiger partial charge < -0.3 is 14.4 Å². The second kappa shape index (κ2) is 8.71. The highest BCUT2D eigenvalue weighted by Gasteiger charge is 2.43. The number of aryl methyl sites for hydroxylation is 1. The molecule has 3 aromatic rings. The van der Waals surface area contributed by atoms with E-state index in [0.29, 0.717) is 18.0 Å². The summed E-state index contributed by atoms with van der Waals surface area (Å²) in [5.41, 5.74) is 0.655. The number of hydrogen-bond acceptors (Lipinski definition) is 10. The highest BCUT2D eigenvalue weighted by molar-refractivity contribution is 7.18. The number of thiazole rings is 1. The van der Waals surface area contributed by atoms with E-state index in [0.717, 1.165) is 47.1 Å². The number of nitrogens with zero attached hydrogens (tertiary/aromatic N) is 6. The van der Waals surface area contributed by atoms with Crippen LogP contribution >= 0.6 is 11.3 Å². The molecule has 0 bridgehead atoms. The van der Waals surface area contributed by atoms with Crippen LogP contribution in [-0.2, 0) is 16.1 Å². The van der Waals surface area contributed by atoms with Crippen molar-refractivity contribution in [2.45, 2.75) is 64.7 Å². The summed E-state index contributed by atoms with van der Waals surface area (Å²) in [4.78, 5) is 33.6. The van der Waals surface area contributed by atoms with Crippen molar-refractivity contribution in [2.75, 3.05) is 18.0 Å². The van der Waals surface area contributed by atoms with Gasteiger partial charge in [-0.25, -0.2) is 9.78 Å². The summed E-state index contributed by atoms with van der Waals surface area (Å²) in [6, 6.07) is 5.78. The van der Waals surface area contributed by atoms with Gasteiger partial charge in [0.05, 0.1) is 23.1 Å². The first-order valence-corrected chi connectivity index (χ1v) is 12.5. The molecule has 1 saturated heterocycles. The van der Waals surface area contributed by atoms with Gasteiger partial charge >= 0.3 is 5.97 Å². The molecule has 0 unspecified atom stereocenters. The Kier molecular flexibility index (Phi) is 5.82. The molecular weight excluding hydrogens is 468 g/mol. The van der Waals surface area contributed by atoms with Crippen molar-refractivity contribution in [3.63, 3.8) is 0 Å². The number of benzene rings is 1. The number of aromatic nitrogens is 5. The molecule has 2 aliphatic heterocycles. The van der Waals surface area contributed by atoms with Crippen LogP contribution in [0.2, 0.25) is 0 Å². The first kappa shape index (κ1) is 23.4. The van der Waals surface area contributed by atoms with E-state index < -0.39 is 17.2 Å². The van der Waals surface area contributed by atoms with Crippen LogP contribution in [0.1, 0.15) is 56.0 Å². The summed E-state index contributed by atoms with van der Waals surface area (Å²) in [6.45, 7) is 8.75. The number of ketones is 1. The van der Waals surface area contributed by atoms with Crippen LogP contribution in [0.15, 0.2) is 24.4 Å². The fraction of sp³-hybridized carbons (Fsp3) is 0.500. The maximum Gasteiger partial charge on any atom is 0.330 e. The predicted molar refractivity (Wildman–Crippen MR) is 130 cm³/mol. The summed E-state index contributed by atoms with van der Waals surface area (Å²) in [7, 11) is 0. The molecule has 0 aliphatic carbocycles. The number of anilines is 1. The largest absolute Gasteiger partial charge is 0.486 e. The van der Waals surface area contributed by atoms with Gasteiger partial charge in [0.1, 0.15) is 17.0 Å². The molecule has 0 amide bonds. The van der Waals surface area contributed by atoms with Gasteiger partial charge in [-0.2, -0.15) is 4.80 Å². The number of carbonyl (C=O) groups excluding carboxylic acids is 2. The first-order valence-electron chi connectivity index (χ1n) is 11.6. The van der Waals surface area contributed by atoms with Crippen molar-refractivity contribution in [2.24, 2.45) is 0 Å². The summed E-state index contributed by atoms with van der Waals surface area (Å²) in [6.07, 6.45) is 3.61. The molecule has 184 valence electrons. The van der Waals surface area contributed by atoms with Crippen LogP contribution in [0, 0.1) is 6.92 Å². The maximum atomic E-state index is 12.9. The van der Waals surface area contributed by atoms with Crippen molar-refractivity contribution in [1.29, 1.82) is 0 Å². The highest BCUT2D eigenvalue weighted by atomic mass is 32.1. The van der Waals surface area contributed by atoms with E-state index in [1.165, 1.54) is 16.1 Å². The molecule has 0 radical (unpaired) electrons. The number of Topliss-reactive ketones (excluding diaryl/α,β-unsaturated/α-hetero) is 1. The Hall–Kier alpha value is -3.34. The van der Waals surface area contributed by atoms with Crippen molar-refractivity contribution in [1.82, 2.24) is 25.2 Å². The normalized spacial score (nSPS) is 17.3. The van der Waals surface area contributed by atoms with E-state index in [-0.39, 0.29) is 12.3 Å². The number of piperidine rings is 1. The molecular formula is C24H28N6O4S. The molecule has 5 rings (SSSR count). The summed E-state index contributed by atoms with van der Waals surface area (Å²) in [5.74, 6) is 0.857. The van der Waals surface area contributed by atoms with Gasteiger partial charge in [0.25, 0.3) is 0 Å². The zero-order valence-corrected chi connectivity index (χ0v) is 21.1. The molecule has 1 fully saturated rings. The van der Waals surface area contributed by atoms with Gasteiger partial charge in [-0.15, -0.1) is 10.2 Å². The summed E-state index contributed by atoms with van der Waals surface area (Å²) in [5, 5.41) is 13.2. The van der Waals surface area contributed by atoms with Crippen LogP contribution in [-0.4, -0.2) is 61.2 Å². The molecule has 1 aromatic carbocycles. The van der Waals surface area contributed by atoms with Gasteiger partial charge in [0.15, 0.2) is 17.5 Å². The number of ether oxygens (including phenoxy) is 2. The third-order valence-corrected chi connectivity index (χ3v) is 7.18. The van der Waals surface area contributed by atoms with E-state index in [1.807, 2.05) is 45.9 Å². The van der Waals surface area contributed by atoms with Crippen LogP contribution in [0.4, 0.5) is 5.13 Å². The van der Waals surface area contributed by atoms with Gasteiger partial charge in [0.2, 0.25) is 5.82 Å². The number of hydrogen-bond donors (Lipinski definition) is 0. The molecule has 1 spiro atoms. The summed E-state index contributed by atoms with van der Waals surface area (Å²) < 4.78 is 11.7. The number of carbonyl (C=O) groups is 2. The van der Waals surface area contributed by atoms with E-state index >= 15 is 0 Å². The fourth-order valence-electron chi connectivity index (χ4n) is 4.53. The van der Waals surface area contributed by atoms with Gasteiger partial charge in [0, 0.05) is 25.9 Å². The monoisotopic (exact) mass is 496 g/mol. The average molecular weight is 497 g/mol. The number of fused-ring (bicyclic) bond motifs is 1. The van der Waals surface area contributed by atoms with E-state index in [1.54, 1.807) is 6.20 Å². The van der Waals surface area contributed by atoms with Crippen molar-refractivity contribution in [3.05, 3.63) is 35.5 Å². The minimum atomic E-state index is -0.571. The van der Waals surface area contributed by atoms with Crippen LogP contribution < -0.4 is 9.64 Å². The zero-order valence-electron chi connectivity index (χ0n) is 20.3. The number of esters is 1. The third-order valence-electron chi connectivity index (χ3n) is 6.13. The van der Waals surface area contributed by atoms with Gasteiger partial charge in [-0.3, -0.25) is 4.79 Å². The molecule has 35 heavy (non-hydrogen) atoms. The standard InChI is InChI=1S/C24H28N6O4S/c1-15-6-5-7-17-20(15)16(31)12-24(33-17)8-10-29(11-9-24)22-25-13-18(35-22)21-26-28-30(27-21)14-19(32)34-23(2,3)4/h5-7,13H,8-12,14H2,1-4H3. The lowest BCUT2D eigenvalue weighted by molar-refractivity contribution is -0.156. The maximum absolute atomic E-state index is 12.9. The van der Waals surface area contributed by atoms with Crippen molar-refractivity contribution >= 4 is 28.2 Å². The molecule has 4 heterocycles. The van der Waals surface area contributed by atoms with Gasteiger partial charge in [-0.1, -0.05) is 23.5 Å². The SMILES string of the molecule is Cc1cccc2c1C(=O)CC1(CCN(c3ncc(-c4nnn(CC(=O)OC(C)(C)C)n4)s3)CC1)O2. The molecule has 0 saturated carbocycles. The zero-order chi connectivity index (χ0) is 24.8. The second-order valence-electron chi connectivity index (χ2n) is 10.1. The first-order chi connectivity index (χ1) is 16.6. The summed E-state index contributed by atoms with van der Waals surface area (Å²) >= 11 is 1.47. The minimum Gasteiger partial charge on any atom is -0.486 e. The molecule has 2 aromatic heterocycles. The van der Waals surface area contributed by atoms with Crippen LogP contribution in [0.3, 0.4) is 0 Å². The highest BCUT2D eigenvalue weighted by Crippen LogP contribution is 2.41. The lowest BCUT2D eigenvalue weighted by Crippen LogP contribution is -2.51. The topological polar surface area (TPSA) is 112 Å². The van der Waals surface area contributed by atoms with E-state index in [2.05, 4.69) is 25.3 Å². The Morgan fingerprint density at radius 1 is 1.26 bits per heavy atom. The smallest absolute Gasteiger partial charge is 0.330 e. The van der Waals surface area contributed by atoms with E-state index in [4.69, 9.17) is 9.47 Å². The third kappa shape index (κ3) is 4.90. The Bertz CT molecular complexity index is 1270. The van der Waals surface area contributed by atoms with E-state index in [9.17, 15) is 9.59 Å². The second-order valence-corrected chi connectivity index (χ2v) is 11.1. The molecule has 2 aliphatic rings. The Morgan fingerprint density at radius 3 is 2.77 bits per heavy atom. The van der Waals surface area contributed by atoms with Gasteiger partial charge in [-0.05, 0) is 44.5 Å². The Labute approximate surface area is 207 Å². The van der Waals surface area contributed by atoms with Crippen LogP contribution in [0.25, 0.3) is 10.7 Å². The predicted octanol–water partition coefficient (Wildman–Crippen LogP) is 3.45.